The molecule has 0 saturated carbocycles. The van der Waals surface area contributed by atoms with Gasteiger partial charge in [0.25, 0.3) is 5.56 Å². The molecule has 0 amide bonds. The van der Waals surface area contributed by atoms with Gasteiger partial charge < -0.3 is 10.6 Å². The summed E-state index contributed by atoms with van der Waals surface area (Å²) in [5.41, 5.74) is 6.09. The van der Waals surface area contributed by atoms with E-state index in [9.17, 15) is 4.79 Å². The van der Waals surface area contributed by atoms with Gasteiger partial charge in [-0.15, -0.1) is 0 Å². The molecule has 0 radical (unpaired) electrons. The minimum absolute atomic E-state index is 0.132. The predicted molar refractivity (Wildman–Crippen MR) is 64.1 cm³/mol. The highest BCUT2D eigenvalue weighted by atomic mass is 79.9. The molecule has 0 bridgehead atoms. The van der Waals surface area contributed by atoms with Gasteiger partial charge in [0.15, 0.2) is 0 Å². The Hall–Kier alpha value is -0.880. The van der Waals surface area contributed by atoms with Crippen LogP contribution < -0.4 is 16.2 Å². The first kappa shape index (κ1) is 12.2. The van der Waals surface area contributed by atoms with Gasteiger partial charge in [-0.2, -0.15) is 5.10 Å². The molecular weight excluding hydrogens is 260 g/mol. The van der Waals surface area contributed by atoms with Crippen molar-refractivity contribution >= 4 is 21.6 Å². The SMILES string of the molecule is CN(CCCN)c1cnn(C)c(=O)c1Br. The van der Waals surface area contributed by atoms with Crippen molar-refractivity contribution in [2.45, 2.75) is 6.42 Å². The second kappa shape index (κ2) is 5.27. The maximum atomic E-state index is 11.6. The first-order valence-electron chi connectivity index (χ1n) is 4.71. The average Bonchev–Trinajstić information content (AvgIpc) is 2.23. The van der Waals surface area contributed by atoms with Crippen LogP contribution in [0.15, 0.2) is 15.5 Å². The van der Waals surface area contributed by atoms with Crippen LogP contribution in [0.2, 0.25) is 0 Å². The monoisotopic (exact) mass is 274 g/mol. The molecule has 2 N–H and O–H groups in total. The Morgan fingerprint density at radius 3 is 2.93 bits per heavy atom. The highest BCUT2D eigenvalue weighted by Crippen LogP contribution is 2.19. The molecule has 1 aromatic heterocycles. The van der Waals surface area contributed by atoms with Crippen LogP contribution in [0.5, 0.6) is 0 Å². The lowest BCUT2D eigenvalue weighted by atomic mass is 10.3. The first-order chi connectivity index (χ1) is 7.07. The Balaban J connectivity index is 2.95. The zero-order valence-electron chi connectivity index (χ0n) is 8.90. The van der Waals surface area contributed by atoms with E-state index in [0.29, 0.717) is 11.0 Å². The van der Waals surface area contributed by atoms with E-state index in [1.165, 1.54) is 4.68 Å². The van der Waals surface area contributed by atoms with E-state index in [1.807, 2.05) is 11.9 Å². The van der Waals surface area contributed by atoms with Crippen LogP contribution >= 0.6 is 15.9 Å². The number of nitrogens with zero attached hydrogens (tertiary/aromatic N) is 3. The Kier molecular flexibility index (Phi) is 4.28. The van der Waals surface area contributed by atoms with Crippen molar-refractivity contribution in [1.29, 1.82) is 0 Å². The third-order valence-electron chi connectivity index (χ3n) is 2.17. The fourth-order valence-electron chi connectivity index (χ4n) is 1.22. The summed E-state index contributed by atoms with van der Waals surface area (Å²) in [6, 6.07) is 0. The maximum absolute atomic E-state index is 11.6. The molecule has 0 atom stereocenters. The van der Waals surface area contributed by atoms with Crippen molar-refractivity contribution < 1.29 is 0 Å². The van der Waals surface area contributed by atoms with Crippen LogP contribution in [0, 0.1) is 0 Å². The molecule has 0 spiro atoms. The molecule has 84 valence electrons. The van der Waals surface area contributed by atoms with Crippen LogP contribution in [0.4, 0.5) is 5.69 Å². The van der Waals surface area contributed by atoms with E-state index in [-0.39, 0.29) is 5.56 Å². The number of rotatable bonds is 4. The van der Waals surface area contributed by atoms with Crippen LogP contribution in [0.1, 0.15) is 6.42 Å². The molecule has 0 fully saturated rings. The number of hydrogen-bond acceptors (Lipinski definition) is 4. The van der Waals surface area contributed by atoms with E-state index >= 15 is 0 Å². The minimum atomic E-state index is -0.132. The molecule has 0 aromatic carbocycles. The van der Waals surface area contributed by atoms with Crippen molar-refractivity contribution in [3.05, 3.63) is 21.0 Å². The maximum Gasteiger partial charge on any atom is 0.282 e. The van der Waals surface area contributed by atoms with Crippen LogP contribution in [-0.2, 0) is 7.05 Å². The summed E-state index contributed by atoms with van der Waals surface area (Å²) in [5, 5.41) is 3.97. The lowest BCUT2D eigenvalue weighted by molar-refractivity contribution is 0.695. The molecular formula is C9H15BrN4O. The van der Waals surface area contributed by atoms with Gasteiger partial charge >= 0.3 is 0 Å². The van der Waals surface area contributed by atoms with Gasteiger partial charge in [-0.1, -0.05) is 0 Å². The minimum Gasteiger partial charge on any atom is -0.372 e. The highest BCUT2D eigenvalue weighted by molar-refractivity contribution is 9.10. The number of halogens is 1. The fourth-order valence-corrected chi connectivity index (χ4v) is 1.88. The molecule has 6 heteroatoms. The molecule has 0 unspecified atom stereocenters. The average molecular weight is 275 g/mol. The smallest absolute Gasteiger partial charge is 0.282 e. The van der Waals surface area contributed by atoms with E-state index < -0.39 is 0 Å². The third-order valence-corrected chi connectivity index (χ3v) is 2.91. The number of aryl methyl sites for hydroxylation is 1. The molecule has 0 saturated heterocycles. The summed E-state index contributed by atoms with van der Waals surface area (Å²) in [6.07, 6.45) is 2.56. The van der Waals surface area contributed by atoms with Gasteiger partial charge in [-0.25, -0.2) is 4.68 Å². The predicted octanol–water partition coefficient (Wildman–Crippen LogP) is 0.328. The van der Waals surface area contributed by atoms with Crippen molar-refractivity contribution in [2.75, 3.05) is 25.0 Å². The van der Waals surface area contributed by atoms with Crippen molar-refractivity contribution in [3.63, 3.8) is 0 Å². The van der Waals surface area contributed by atoms with Crippen LogP contribution in [0.25, 0.3) is 0 Å². The quantitative estimate of drug-likeness (QED) is 0.860. The van der Waals surface area contributed by atoms with Gasteiger partial charge in [0.2, 0.25) is 0 Å². The lowest BCUT2D eigenvalue weighted by Crippen LogP contribution is -2.27. The summed E-state index contributed by atoms with van der Waals surface area (Å²) < 4.78 is 1.84. The molecule has 1 rings (SSSR count). The zero-order chi connectivity index (χ0) is 11.4. The van der Waals surface area contributed by atoms with Crippen LogP contribution in [0.3, 0.4) is 0 Å². The Labute approximate surface area is 97.0 Å². The van der Waals surface area contributed by atoms with Gasteiger partial charge in [0, 0.05) is 20.6 Å². The van der Waals surface area contributed by atoms with E-state index in [1.54, 1.807) is 13.2 Å². The van der Waals surface area contributed by atoms with E-state index in [4.69, 9.17) is 5.73 Å². The van der Waals surface area contributed by atoms with Crippen molar-refractivity contribution in [3.8, 4) is 0 Å². The first-order valence-corrected chi connectivity index (χ1v) is 5.50. The van der Waals surface area contributed by atoms with Gasteiger partial charge in [-0.05, 0) is 28.9 Å². The molecule has 15 heavy (non-hydrogen) atoms. The largest absolute Gasteiger partial charge is 0.372 e. The van der Waals surface area contributed by atoms with Gasteiger partial charge in [0.1, 0.15) is 4.47 Å². The lowest BCUT2D eigenvalue weighted by Gasteiger charge is -2.19. The second-order valence-electron chi connectivity index (χ2n) is 3.34. The second-order valence-corrected chi connectivity index (χ2v) is 4.13. The fraction of sp³-hybridized carbons (Fsp3) is 0.556. The number of nitrogens with two attached hydrogens (primary N) is 1. The standard InChI is InChI=1S/C9H15BrN4O/c1-13(5-3-4-11)7-6-12-14(2)9(15)8(7)10/h6H,3-5,11H2,1-2H3. The Morgan fingerprint density at radius 1 is 1.67 bits per heavy atom. The molecule has 1 heterocycles. The van der Waals surface area contributed by atoms with Crippen molar-refractivity contribution in [2.24, 2.45) is 12.8 Å². The van der Waals surface area contributed by atoms with Crippen LogP contribution in [-0.4, -0.2) is 29.9 Å². The normalized spacial score (nSPS) is 10.4. The van der Waals surface area contributed by atoms with E-state index in [2.05, 4.69) is 21.0 Å². The van der Waals surface area contributed by atoms with Crippen molar-refractivity contribution in [1.82, 2.24) is 9.78 Å². The third kappa shape index (κ3) is 2.79. The number of hydrogen-bond donors (Lipinski definition) is 1. The molecule has 5 nitrogen and oxygen atoms in total. The molecule has 0 aliphatic rings. The number of aromatic nitrogens is 2. The Morgan fingerprint density at radius 2 is 2.33 bits per heavy atom. The summed E-state index contributed by atoms with van der Waals surface area (Å²) in [6.45, 7) is 1.45. The Bertz CT molecular complexity index is 390. The summed E-state index contributed by atoms with van der Waals surface area (Å²) >= 11 is 3.28. The molecule has 0 aliphatic heterocycles. The summed E-state index contributed by atoms with van der Waals surface area (Å²) in [4.78, 5) is 13.5. The highest BCUT2D eigenvalue weighted by Gasteiger charge is 2.10. The molecule has 1 aromatic rings. The number of anilines is 1. The summed E-state index contributed by atoms with van der Waals surface area (Å²) in [7, 11) is 3.54. The summed E-state index contributed by atoms with van der Waals surface area (Å²) in [5.74, 6) is 0. The topological polar surface area (TPSA) is 64.2 Å². The zero-order valence-corrected chi connectivity index (χ0v) is 10.5. The van der Waals surface area contributed by atoms with Gasteiger partial charge in [0.05, 0.1) is 11.9 Å². The van der Waals surface area contributed by atoms with E-state index in [0.717, 1.165) is 18.7 Å². The molecule has 0 aliphatic carbocycles. The van der Waals surface area contributed by atoms with Gasteiger partial charge in [-0.3, -0.25) is 4.79 Å².